The summed E-state index contributed by atoms with van der Waals surface area (Å²) in [6, 6.07) is 3.86. The monoisotopic (exact) mass is 293 g/mol. The smallest absolute Gasteiger partial charge is 0.194 e. The number of hydrogen-bond donors (Lipinski definition) is 1. The molecule has 5 heteroatoms. The van der Waals surface area contributed by atoms with E-state index in [1.165, 1.54) is 0 Å². The van der Waals surface area contributed by atoms with Crippen LogP contribution in [-0.4, -0.2) is 42.7 Å². The first kappa shape index (κ1) is 15.9. The van der Waals surface area contributed by atoms with Crippen molar-refractivity contribution >= 4 is 5.96 Å². The summed E-state index contributed by atoms with van der Waals surface area (Å²) < 4.78 is 11.4. The normalized spacial score (nSPS) is 18.1. The lowest BCUT2D eigenvalue weighted by Gasteiger charge is -2.36. The van der Waals surface area contributed by atoms with Crippen LogP contribution < -0.4 is 5.32 Å². The molecular weight excluding hydrogens is 266 g/mol. The fraction of sp³-hybridized carbons (Fsp3) is 0.688. The Morgan fingerprint density at radius 1 is 1.43 bits per heavy atom. The molecule has 1 aliphatic rings. The van der Waals surface area contributed by atoms with E-state index in [1.807, 2.05) is 19.2 Å². The summed E-state index contributed by atoms with van der Waals surface area (Å²) in [5, 5.41) is 3.35. The van der Waals surface area contributed by atoms with Gasteiger partial charge in [-0.05, 0) is 45.7 Å². The van der Waals surface area contributed by atoms with Crippen LogP contribution in [0, 0.1) is 0 Å². The number of furan rings is 1. The van der Waals surface area contributed by atoms with Crippen LogP contribution in [0.3, 0.4) is 0 Å². The summed E-state index contributed by atoms with van der Waals surface area (Å²) in [5.41, 5.74) is -0.0634. The van der Waals surface area contributed by atoms with E-state index in [0.717, 1.165) is 37.7 Å². The Morgan fingerprint density at radius 3 is 2.67 bits per heavy atom. The summed E-state index contributed by atoms with van der Waals surface area (Å²) in [7, 11) is 1.82. The molecule has 0 saturated carbocycles. The summed E-state index contributed by atoms with van der Waals surface area (Å²) in [5.74, 6) is 1.85. The van der Waals surface area contributed by atoms with Gasteiger partial charge in [-0.25, -0.2) is 0 Å². The maximum atomic E-state index is 6.06. The highest BCUT2D eigenvalue weighted by atomic mass is 16.5. The maximum absolute atomic E-state index is 6.06. The van der Waals surface area contributed by atoms with Gasteiger partial charge in [-0.15, -0.1) is 0 Å². The quantitative estimate of drug-likeness (QED) is 0.687. The minimum Gasteiger partial charge on any atom is -0.467 e. The number of nitrogens with zero attached hydrogens (tertiary/aromatic N) is 2. The highest BCUT2D eigenvalue weighted by molar-refractivity contribution is 5.79. The zero-order chi connectivity index (χ0) is 15.3. The van der Waals surface area contributed by atoms with Gasteiger partial charge in [-0.1, -0.05) is 0 Å². The van der Waals surface area contributed by atoms with E-state index < -0.39 is 0 Å². The van der Waals surface area contributed by atoms with Gasteiger partial charge in [0.05, 0.1) is 24.5 Å². The molecule has 0 bridgehead atoms. The van der Waals surface area contributed by atoms with Gasteiger partial charge in [0.25, 0.3) is 0 Å². The minimum absolute atomic E-state index is 0.0634. The van der Waals surface area contributed by atoms with E-state index in [1.54, 1.807) is 6.26 Å². The number of ether oxygens (including phenoxy) is 1. The number of rotatable bonds is 3. The Labute approximate surface area is 127 Å². The van der Waals surface area contributed by atoms with Crippen LogP contribution in [0.1, 0.15) is 39.4 Å². The predicted octanol–water partition coefficient (Wildman–Crippen LogP) is 2.63. The molecular formula is C16H27N3O2. The van der Waals surface area contributed by atoms with Gasteiger partial charge in [0.15, 0.2) is 5.96 Å². The molecule has 2 heterocycles. The van der Waals surface area contributed by atoms with Crippen molar-refractivity contribution in [1.29, 1.82) is 0 Å². The van der Waals surface area contributed by atoms with Crippen LogP contribution in [0.5, 0.6) is 0 Å². The lowest BCUT2D eigenvalue weighted by molar-refractivity contribution is -0.0772. The molecule has 118 valence electrons. The van der Waals surface area contributed by atoms with E-state index in [4.69, 9.17) is 9.15 Å². The molecule has 0 aromatic carbocycles. The second kappa shape index (κ2) is 6.98. The first-order valence-corrected chi connectivity index (χ1v) is 7.64. The Balaban J connectivity index is 1.79. The number of piperidine rings is 1. The van der Waals surface area contributed by atoms with E-state index in [-0.39, 0.29) is 5.60 Å². The lowest BCUT2D eigenvalue weighted by Crippen LogP contribution is -2.47. The van der Waals surface area contributed by atoms with Crippen molar-refractivity contribution in [2.24, 2.45) is 4.99 Å². The van der Waals surface area contributed by atoms with Crippen LogP contribution in [0.25, 0.3) is 0 Å². The second-order valence-corrected chi connectivity index (χ2v) is 6.40. The van der Waals surface area contributed by atoms with Gasteiger partial charge in [-0.2, -0.15) is 0 Å². The molecule has 21 heavy (non-hydrogen) atoms. The van der Waals surface area contributed by atoms with Gasteiger partial charge in [-0.3, -0.25) is 4.99 Å². The van der Waals surface area contributed by atoms with E-state index in [2.05, 4.69) is 36.0 Å². The van der Waals surface area contributed by atoms with Crippen molar-refractivity contribution in [3.8, 4) is 0 Å². The third kappa shape index (κ3) is 5.08. The van der Waals surface area contributed by atoms with Gasteiger partial charge < -0.3 is 19.4 Å². The number of guanidine groups is 1. The molecule has 1 saturated heterocycles. The minimum atomic E-state index is -0.0634. The van der Waals surface area contributed by atoms with Crippen LogP contribution >= 0.6 is 0 Å². The standard InChI is InChI=1S/C16H27N3O2/c1-16(2,3)21-13-7-9-19(10-8-13)15(17-4)18-12-14-6-5-11-20-14/h5-6,11,13H,7-10,12H2,1-4H3,(H,17,18). The van der Waals surface area contributed by atoms with Crippen LogP contribution in [-0.2, 0) is 11.3 Å². The van der Waals surface area contributed by atoms with Crippen molar-refractivity contribution in [2.45, 2.75) is 51.9 Å². The molecule has 0 amide bonds. The van der Waals surface area contributed by atoms with Crippen molar-refractivity contribution in [2.75, 3.05) is 20.1 Å². The van der Waals surface area contributed by atoms with Crippen molar-refractivity contribution in [3.63, 3.8) is 0 Å². The molecule has 0 aliphatic carbocycles. The Bertz CT molecular complexity index is 441. The zero-order valence-electron chi connectivity index (χ0n) is 13.6. The lowest BCUT2D eigenvalue weighted by atomic mass is 10.1. The van der Waals surface area contributed by atoms with Crippen LogP contribution in [0.4, 0.5) is 0 Å². The van der Waals surface area contributed by atoms with Crippen molar-refractivity contribution in [3.05, 3.63) is 24.2 Å². The first-order valence-electron chi connectivity index (χ1n) is 7.64. The highest BCUT2D eigenvalue weighted by Crippen LogP contribution is 2.20. The largest absolute Gasteiger partial charge is 0.467 e. The molecule has 5 nitrogen and oxygen atoms in total. The second-order valence-electron chi connectivity index (χ2n) is 6.40. The SMILES string of the molecule is CN=C(NCc1ccco1)N1CCC(OC(C)(C)C)CC1. The zero-order valence-corrected chi connectivity index (χ0v) is 13.6. The topological polar surface area (TPSA) is 50.0 Å². The Kier molecular flexibility index (Phi) is 5.28. The van der Waals surface area contributed by atoms with Crippen LogP contribution in [0.15, 0.2) is 27.8 Å². The molecule has 1 aromatic heterocycles. The average Bonchev–Trinajstić information content (AvgIpc) is 2.92. The Morgan fingerprint density at radius 2 is 2.14 bits per heavy atom. The van der Waals surface area contributed by atoms with Gasteiger partial charge >= 0.3 is 0 Å². The van der Waals surface area contributed by atoms with Crippen molar-refractivity contribution < 1.29 is 9.15 Å². The fourth-order valence-electron chi connectivity index (χ4n) is 2.60. The van der Waals surface area contributed by atoms with Gasteiger partial charge in [0.1, 0.15) is 5.76 Å². The average molecular weight is 293 g/mol. The number of hydrogen-bond acceptors (Lipinski definition) is 3. The molecule has 1 aliphatic heterocycles. The molecule has 0 spiro atoms. The molecule has 0 unspecified atom stereocenters. The van der Waals surface area contributed by atoms with Gasteiger partial charge in [0, 0.05) is 20.1 Å². The molecule has 0 radical (unpaired) electrons. The summed E-state index contributed by atoms with van der Waals surface area (Å²) >= 11 is 0. The Hall–Kier alpha value is -1.49. The molecule has 2 rings (SSSR count). The summed E-state index contributed by atoms with van der Waals surface area (Å²) in [6.07, 6.45) is 4.12. The third-order valence-electron chi connectivity index (χ3n) is 3.47. The number of aliphatic imine (C=N–C) groups is 1. The molecule has 1 fully saturated rings. The third-order valence-corrected chi connectivity index (χ3v) is 3.47. The highest BCUT2D eigenvalue weighted by Gasteiger charge is 2.25. The van der Waals surface area contributed by atoms with E-state index in [0.29, 0.717) is 12.6 Å². The van der Waals surface area contributed by atoms with E-state index >= 15 is 0 Å². The predicted molar refractivity (Wildman–Crippen MR) is 84.3 cm³/mol. The number of likely N-dealkylation sites (tertiary alicyclic amines) is 1. The maximum Gasteiger partial charge on any atom is 0.194 e. The van der Waals surface area contributed by atoms with E-state index in [9.17, 15) is 0 Å². The van der Waals surface area contributed by atoms with Crippen LogP contribution in [0.2, 0.25) is 0 Å². The van der Waals surface area contributed by atoms with Gasteiger partial charge in [0.2, 0.25) is 0 Å². The van der Waals surface area contributed by atoms with Crippen molar-refractivity contribution in [1.82, 2.24) is 10.2 Å². The fourth-order valence-corrected chi connectivity index (χ4v) is 2.60. The number of nitrogens with one attached hydrogen (secondary N) is 1. The summed E-state index contributed by atoms with van der Waals surface area (Å²) in [4.78, 5) is 6.64. The molecule has 1 N–H and O–H groups in total. The molecule has 0 atom stereocenters. The summed E-state index contributed by atoms with van der Waals surface area (Å²) in [6.45, 7) is 8.95. The first-order chi connectivity index (χ1) is 9.98. The molecule has 1 aromatic rings.